The van der Waals surface area contributed by atoms with Crippen LogP contribution in [-0.2, 0) is 0 Å². The predicted molar refractivity (Wildman–Crippen MR) is 48.7 cm³/mol. The van der Waals surface area contributed by atoms with Crippen molar-refractivity contribution in [3.05, 3.63) is 0 Å². The van der Waals surface area contributed by atoms with Gasteiger partial charge in [-0.1, -0.05) is 13.8 Å². The molecule has 1 aliphatic rings. The molecule has 0 bridgehead atoms. The summed E-state index contributed by atoms with van der Waals surface area (Å²) in [6.45, 7) is 8.00. The summed E-state index contributed by atoms with van der Waals surface area (Å²) >= 11 is 0. The van der Waals surface area contributed by atoms with Crippen molar-refractivity contribution in [1.82, 2.24) is 10.2 Å². The van der Waals surface area contributed by atoms with Gasteiger partial charge in [0.2, 0.25) is 0 Å². The Labute approximate surface area is 70.0 Å². The lowest BCUT2D eigenvalue weighted by molar-refractivity contribution is 0.227. The largest absolute Gasteiger partial charge is 0.315 e. The predicted octanol–water partition coefficient (Wildman–Crippen LogP) is 0.934. The molecule has 1 aliphatic carbocycles. The van der Waals surface area contributed by atoms with E-state index in [2.05, 4.69) is 45.1 Å². The van der Waals surface area contributed by atoms with Gasteiger partial charge in [0.05, 0.1) is 0 Å². The van der Waals surface area contributed by atoms with Crippen molar-refractivity contribution in [2.24, 2.45) is 5.92 Å². The number of nitrogens with zero attached hydrogens (tertiary/aromatic N) is 1. The first-order chi connectivity index (χ1) is 5.08. The minimum absolute atomic E-state index is 0.406. The van der Waals surface area contributed by atoms with Crippen LogP contribution in [0.3, 0.4) is 0 Å². The van der Waals surface area contributed by atoms with E-state index < -0.39 is 0 Å². The highest BCUT2D eigenvalue weighted by molar-refractivity contribution is 5.18. The summed E-state index contributed by atoms with van der Waals surface area (Å²) in [5.41, 5.74) is 0.406. The number of rotatable bonds is 3. The van der Waals surface area contributed by atoms with Crippen LogP contribution in [0.5, 0.6) is 0 Å². The number of nitrogens with one attached hydrogen (secondary N) is 1. The van der Waals surface area contributed by atoms with E-state index >= 15 is 0 Å². The van der Waals surface area contributed by atoms with Gasteiger partial charge in [0.1, 0.15) is 0 Å². The van der Waals surface area contributed by atoms with E-state index in [1.54, 1.807) is 0 Å². The van der Waals surface area contributed by atoms with Crippen LogP contribution in [0.4, 0.5) is 0 Å². The lowest BCUT2D eigenvalue weighted by Crippen LogP contribution is -2.37. The Balaban J connectivity index is 2.57. The van der Waals surface area contributed by atoms with Gasteiger partial charge in [0.15, 0.2) is 0 Å². The Morgan fingerprint density at radius 2 is 2.09 bits per heavy atom. The van der Waals surface area contributed by atoms with Gasteiger partial charge in [-0.3, -0.25) is 4.90 Å². The summed E-state index contributed by atoms with van der Waals surface area (Å²) in [4.78, 5) is 2.43. The second-order valence-corrected chi connectivity index (χ2v) is 3.80. The summed E-state index contributed by atoms with van der Waals surface area (Å²) in [5.74, 6) is 0.789. The molecule has 2 nitrogen and oxygen atoms in total. The van der Waals surface area contributed by atoms with E-state index in [1.165, 1.54) is 0 Å². The smallest absolute Gasteiger partial charge is 0.0375 e. The van der Waals surface area contributed by atoms with Gasteiger partial charge in [0, 0.05) is 11.6 Å². The molecule has 0 aliphatic heterocycles. The van der Waals surface area contributed by atoms with E-state index in [0.717, 1.165) is 12.5 Å². The number of hydrogen-bond acceptors (Lipinski definition) is 2. The molecule has 1 rings (SSSR count). The van der Waals surface area contributed by atoms with Crippen molar-refractivity contribution in [1.29, 1.82) is 0 Å². The third-order valence-electron chi connectivity index (χ3n) is 3.55. The van der Waals surface area contributed by atoms with Crippen LogP contribution in [0.2, 0.25) is 0 Å². The van der Waals surface area contributed by atoms with Crippen LogP contribution < -0.4 is 5.32 Å². The Morgan fingerprint density at radius 1 is 1.55 bits per heavy atom. The van der Waals surface area contributed by atoms with E-state index in [0.29, 0.717) is 11.6 Å². The summed E-state index contributed by atoms with van der Waals surface area (Å²) < 4.78 is 0. The van der Waals surface area contributed by atoms with Gasteiger partial charge in [-0.2, -0.15) is 0 Å². The first kappa shape index (κ1) is 9.01. The van der Waals surface area contributed by atoms with Gasteiger partial charge in [0.25, 0.3) is 0 Å². The zero-order chi connectivity index (χ0) is 8.65. The number of likely N-dealkylation sites (N-methyl/N-ethyl adjacent to an activating group) is 2. The average Bonchev–Trinajstić information content (AvgIpc) is 2.54. The zero-order valence-corrected chi connectivity index (χ0v) is 8.31. The van der Waals surface area contributed by atoms with Gasteiger partial charge >= 0.3 is 0 Å². The molecule has 3 unspecified atom stereocenters. The Kier molecular flexibility index (Phi) is 2.26. The second-order valence-electron chi connectivity index (χ2n) is 3.80. The molecule has 11 heavy (non-hydrogen) atoms. The molecule has 0 radical (unpaired) electrons. The molecule has 0 saturated heterocycles. The molecule has 0 aromatic carbocycles. The molecule has 3 atom stereocenters. The molecule has 0 spiro atoms. The van der Waals surface area contributed by atoms with Crippen molar-refractivity contribution in [3.8, 4) is 0 Å². The van der Waals surface area contributed by atoms with Crippen molar-refractivity contribution in [3.63, 3.8) is 0 Å². The van der Waals surface area contributed by atoms with Crippen molar-refractivity contribution in [2.75, 3.05) is 20.6 Å². The Morgan fingerprint density at radius 3 is 2.36 bits per heavy atom. The monoisotopic (exact) mass is 156 g/mol. The van der Waals surface area contributed by atoms with Gasteiger partial charge in [-0.15, -0.1) is 0 Å². The van der Waals surface area contributed by atoms with Crippen LogP contribution in [-0.4, -0.2) is 37.1 Å². The van der Waals surface area contributed by atoms with E-state index in [1.807, 2.05) is 0 Å². The standard InChI is InChI=1S/C9H20N2/c1-6-11(5)9(3)7(2)8(9)10-4/h7-8,10H,6H2,1-5H3. The molecule has 1 saturated carbocycles. The Bertz CT molecular complexity index is 138. The van der Waals surface area contributed by atoms with Gasteiger partial charge in [-0.05, 0) is 33.5 Å². The highest BCUT2D eigenvalue weighted by Crippen LogP contribution is 2.46. The normalized spacial score (nSPS) is 43.1. The fraction of sp³-hybridized carbons (Fsp3) is 1.00. The van der Waals surface area contributed by atoms with E-state index in [4.69, 9.17) is 0 Å². The lowest BCUT2D eigenvalue weighted by atomic mass is 10.2. The first-order valence-corrected chi connectivity index (χ1v) is 4.47. The van der Waals surface area contributed by atoms with Crippen LogP contribution in [0.1, 0.15) is 20.8 Å². The third kappa shape index (κ3) is 1.09. The van der Waals surface area contributed by atoms with Crippen LogP contribution in [0.25, 0.3) is 0 Å². The molecule has 2 heteroatoms. The lowest BCUT2D eigenvalue weighted by Gasteiger charge is -2.24. The summed E-state index contributed by atoms with van der Waals surface area (Å²) in [7, 11) is 4.25. The first-order valence-electron chi connectivity index (χ1n) is 4.47. The summed E-state index contributed by atoms with van der Waals surface area (Å²) in [6, 6.07) is 0.687. The minimum Gasteiger partial charge on any atom is -0.315 e. The molecular formula is C9H20N2. The maximum Gasteiger partial charge on any atom is 0.0375 e. The summed E-state index contributed by atoms with van der Waals surface area (Å²) in [5, 5.41) is 3.35. The number of hydrogen-bond donors (Lipinski definition) is 1. The highest BCUT2D eigenvalue weighted by Gasteiger charge is 2.59. The van der Waals surface area contributed by atoms with E-state index in [-0.39, 0.29) is 0 Å². The average molecular weight is 156 g/mol. The van der Waals surface area contributed by atoms with E-state index in [9.17, 15) is 0 Å². The second kappa shape index (κ2) is 2.76. The maximum atomic E-state index is 3.35. The maximum absolute atomic E-state index is 3.35. The molecule has 1 fully saturated rings. The van der Waals surface area contributed by atoms with Crippen LogP contribution in [0, 0.1) is 5.92 Å². The minimum atomic E-state index is 0.406. The third-order valence-corrected chi connectivity index (χ3v) is 3.55. The zero-order valence-electron chi connectivity index (χ0n) is 8.31. The highest BCUT2D eigenvalue weighted by atomic mass is 15.3. The molecule has 0 heterocycles. The molecule has 1 N–H and O–H groups in total. The van der Waals surface area contributed by atoms with Crippen LogP contribution >= 0.6 is 0 Å². The molecular weight excluding hydrogens is 136 g/mol. The fourth-order valence-corrected chi connectivity index (χ4v) is 2.18. The van der Waals surface area contributed by atoms with Crippen LogP contribution in [0.15, 0.2) is 0 Å². The van der Waals surface area contributed by atoms with Crippen molar-refractivity contribution < 1.29 is 0 Å². The quantitative estimate of drug-likeness (QED) is 0.654. The van der Waals surface area contributed by atoms with Crippen molar-refractivity contribution >= 4 is 0 Å². The SMILES string of the molecule is CCN(C)C1(C)C(C)C1NC. The Hall–Kier alpha value is -0.0800. The molecule has 0 aromatic rings. The topological polar surface area (TPSA) is 15.3 Å². The molecule has 0 aromatic heterocycles. The fourth-order valence-electron chi connectivity index (χ4n) is 2.18. The van der Waals surface area contributed by atoms with Crippen molar-refractivity contribution in [2.45, 2.75) is 32.4 Å². The molecule has 66 valence electrons. The van der Waals surface area contributed by atoms with Gasteiger partial charge in [-0.25, -0.2) is 0 Å². The van der Waals surface area contributed by atoms with Gasteiger partial charge < -0.3 is 5.32 Å². The summed E-state index contributed by atoms with van der Waals surface area (Å²) in [6.07, 6.45) is 0. The molecule has 0 amide bonds.